The summed E-state index contributed by atoms with van der Waals surface area (Å²) in [5.41, 5.74) is -1.00. The number of hydrogen-bond donors (Lipinski definition) is 1. The van der Waals surface area contributed by atoms with Crippen LogP contribution in [0.1, 0.15) is 84.5 Å². The molecular formula is C17H31NO3. The van der Waals surface area contributed by atoms with E-state index in [1.807, 2.05) is 13.8 Å². The highest BCUT2D eigenvalue weighted by Crippen LogP contribution is 2.31. The van der Waals surface area contributed by atoms with E-state index in [0.717, 1.165) is 32.1 Å². The van der Waals surface area contributed by atoms with Gasteiger partial charge in [-0.1, -0.05) is 57.8 Å². The predicted molar refractivity (Wildman–Crippen MR) is 84.2 cm³/mol. The standard InChI is InChI=1S/C17H31NO3/c1-15(2)18(14-19)17(16(20)21)12-10-8-6-4-3-5-7-9-11-13-17/h14-15H,3-13H2,1-2H3,(H,20,21). The third-order valence-electron chi connectivity index (χ3n) is 4.74. The van der Waals surface area contributed by atoms with E-state index in [0.29, 0.717) is 12.8 Å². The molecule has 0 radical (unpaired) electrons. The highest BCUT2D eigenvalue weighted by atomic mass is 16.4. The highest BCUT2D eigenvalue weighted by Gasteiger charge is 2.43. The van der Waals surface area contributed by atoms with Gasteiger partial charge in [-0.2, -0.15) is 0 Å². The molecule has 4 heteroatoms. The van der Waals surface area contributed by atoms with Gasteiger partial charge in [0.15, 0.2) is 0 Å². The SMILES string of the molecule is CC(C)N(C=O)C1(C(=O)O)CCCCCCCCCCC1. The van der Waals surface area contributed by atoms with Gasteiger partial charge in [-0.15, -0.1) is 0 Å². The minimum absolute atomic E-state index is 0.0773. The zero-order valence-electron chi connectivity index (χ0n) is 13.6. The molecule has 0 aromatic carbocycles. The second kappa shape index (κ2) is 9.06. The van der Waals surface area contributed by atoms with Gasteiger partial charge in [0.05, 0.1) is 0 Å². The second-order valence-electron chi connectivity index (χ2n) is 6.63. The number of hydrogen-bond acceptors (Lipinski definition) is 2. The lowest BCUT2D eigenvalue weighted by molar-refractivity contribution is -0.158. The summed E-state index contributed by atoms with van der Waals surface area (Å²) in [6.45, 7) is 3.80. The van der Waals surface area contributed by atoms with Gasteiger partial charge in [0.2, 0.25) is 6.41 Å². The van der Waals surface area contributed by atoms with Crippen LogP contribution < -0.4 is 0 Å². The first-order valence-corrected chi connectivity index (χ1v) is 8.52. The Bertz CT molecular complexity index is 316. The lowest BCUT2D eigenvalue weighted by Crippen LogP contribution is -2.56. The molecule has 1 fully saturated rings. The Morgan fingerprint density at radius 2 is 1.33 bits per heavy atom. The number of nitrogens with zero attached hydrogens (tertiary/aromatic N) is 1. The number of carbonyl (C=O) groups excluding carboxylic acids is 1. The van der Waals surface area contributed by atoms with Crippen molar-refractivity contribution in [3.63, 3.8) is 0 Å². The first kappa shape index (κ1) is 18.0. The van der Waals surface area contributed by atoms with E-state index in [-0.39, 0.29) is 6.04 Å². The van der Waals surface area contributed by atoms with Gasteiger partial charge >= 0.3 is 5.97 Å². The van der Waals surface area contributed by atoms with E-state index in [2.05, 4.69) is 0 Å². The minimum atomic E-state index is -1.00. The van der Waals surface area contributed by atoms with Crippen molar-refractivity contribution >= 4 is 12.4 Å². The molecule has 4 nitrogen and oxygen atoms in total. The zero-order valence-corrected chi connectivity index (χ0v) is 13.6. The van der Waals surface area contributed by atoms with E-state index in [4.69, 9.17) is 0 Å². The van der Waals surface area contributed by atoms with Crippen LogP contribution >= 0.6 is 0 Å². The zero-order chi connectivity index (χ0) is 15.7. The second-order valence-corrected chi connectivity index (χ2v) is 6.63. The normalized spacial score (nSPS) is 21.1. The fraction of sp³-hybridized carbons (Fsp3) is 0.882. The van der Waals surface area contributed by atoms with Crippen LogP contribution in [-0.2, 0) is 9.59 Å². The Morgan fingerprint density at radius 3 is 1.62 bits per heavy atom. The first-order valence-electron chi connectivity index (χ1n) is 8.52. The summed E-state index contributed by atoms with van der Waals surface area (Å²) in [7, 11) is 0. The number of carboxylic acids is 1. The van der Waals surface area contributed by atoms with Gasteiger partial charge in [0.25, 0.3) is 0 Å². The smallest absolute Gasteiger partial charge is 0.329 e. The molecule has 21 heavy (non-hydrogen) atoms. The monoisotopic (exact) mass is 297 g/mol. The van der Waals surface area contributed by atoms with Crippen LogP contribution in [0.15, 0.2) is 0 Å². The van der Waals surface area contributed by atoms with Crippen LogP contribution in [0.2, 0.25) is 0 Å². The maximum absolute atomic E-state index is 12.0. The van der Waals surface area contributed by atoms with Gasteiger partial charge in [-0.05, 0) is 26.7 Å². The molecule has 0 unspecified atom stereocenters. The van der Waals surface area contributed by atoms with Gasteiger partial charge in [0.1, 0.15) is 5.54 Å². The quantitative estimate of drug-likeness (QED) is 0.798. The lowest BCUT2D eigenvalue weighted by Gasteiger charge is -2.41. The van der Waals surface area contributed by atoms with Crippen LogP contribution in [0.4, 0.5) is 0 Å². The van der Waals surface area contributed by atoms with E-state index in [9.17, 15) is 14.7 Å². The predicted octanol–water partition coefficient (Wildman–Crippen LogP) is 3.98. The molecule has 1 rings (SSSR count). The molecule has 1 N–H and O–H groups in total. The molecule has 1 aliphatic carbocycles. The van der Waals surface area contributed by atoms with E-state index < -0.39 is 11.5 Å². The Kier molecular flexibility index (Phi) is 7.76. The maximum Gasteiger partial charge on any atom is 0.329 e. The van der Waals surface area contributed by atoms with E-state index in [1.165, 1.54) is 32.1 Å². The van der Waals surface area contributed by atoms with Crippen molar-refractivity contribution in [3.05, 3.63) is 0 Å². The van der Waals surface area contributed by atoms with Gasteiger partial charge in [-0.25, -0.2) is 4.79 Å². The van der Waals surface area contributed by atoms with Crippen molar-refractivity contribution in [3.8, 4) is 0 Å². The molecule has 0 aliphatic heterocycles. The topological polar surface area (TPSA) is 57.6 Å². The summed E-state index contributed by atoms with van der Waals surface area (Å²) in [6.07, 6.45) is 12.0. The number of aliphatic carboxylic acids is 1. The van der Waals surface area contributed by atoms with Crippen LogP contribution in [0.25, 0.3) is 0 Å². The molecule has 0 heterocycles. The number of amides is 1. The fourth-order valence-corrected chi connectivity index (χ4v) is 3.50. The van der Waals surface area contributed by atoms with Gasteiger partial charge in [-0.3, -0.25) is 4.79 Å². The van der Waals surface area contributed by atoms with E-state index >= 15 is 0 Å². The Hall–Kier alpha value is -1.06. The molecular weight excluding hydrogens is 266 g/mol. The van der Waals surface area contributed by atoms with Crippen molar-refractivity contribution in [2.24, 2.45) is 0 Å². The summed E-state index contributed by atoms with van der Waals surface area (Å²) >= 11 is 0. The van der Waals surface area contributed by atoms with Gasteiger partial charge < -0.3 is 10.0 Å². The van der Waals surface area contributed by atoms with Crippen LogP contribution in [0, 0.1) is 0 Å². The summed E-state index contributed by atoms with van der Waals surface area (Å²) in [4.78, 5) is 25.0. The minimum Gasteiger partial charge on any atom is -0.479 e. The maximum atomic E-state index is 12.0. The molecule has 0 atom stereocenters. The highest BCUT2D eigenvalue weighted by molar-refractivity contribution is 5.81. The van der Waals surface area contributed by atoms with Crippen molar-refractivity contribution < 1.29 is 14.7 Å². The number of carbonyl (C=O) groups is 2. The number of carboxylic acid groups (broad SMARTS) is 1. The third-order valence-corrected chi connectivity index (χ3v) is 4.74. The average molecular weight is 297 g/mol. The van der Waals surface area contributed by atoms with Crippen LogP contribution in [0.3, 0.4) is 0 Å². The molecule has 122 valence electrons. The molecule has 1 amide bonds. The molecule has 0 aromatic rings. The van der Waals surface area contributed by atoms with Gasteiger partial charge in [0, 0.05) is 6.04 Å². The summed E-state index contributed by atoms with van der Waals surface area (Å²) in [6, 6.07) is -0.0773. The average Bonchev–Trinajstić information content (AvgIpc) is 2.41. The Balaban J connectivity index is 2.91. The van der Waals surface area contributed by atoms with Crippen LogP contribution in [0.5, 0.6) is 0 Å². The molecule has 1 aliphatic rings. The van der Waals surface area contributed by atoms with Crippen molar-refractivity contribution in [1.29, 1.82) is 0 Å². The fourth-order valence-electron chi connectivity index (χ4n) is 3.50. The molecule has 0 aromatic heterocycles. The third kappa shape index (κ3) is 5.01. The molecule has 0 bridgehead atoms. The van der Waals surface area contributed by atoms with Crippen molar-refractivity contribution in [2.45, 2.75) is 96.1 Å². The lowest BCUT2D eigenvalue weighted by atomic mass is 9.83. The van der Waals surface area contributed by atoms with Crippen LogP contribution in [-0.4, -0.2) is 34.0 Å². The molecule has 0 spiro atoms. The largest absolute Gasteiger partial charge is 0.479 e. The van der Waals surface area contributed by atoms with Crippen molar-refractivity contribution in [2.75, 3.05) is 0 Å². The Morgan fingerprint density at radius 1 is 0.952 bits per heavy atom. The summed E-state index contributed by atoms with van der Waals surface area (Å²) in [5.74, 6) is -0.833. The Labute approximate surface area is 128 Å². The summed E-state index contributed by atoms with van der Waals surface area (Å²) < 4.78 is 0. The number of rotatable bonds is 4. The first-order chi connectivity index (χ1) is 10.0. The molecule has 0 saturated heterocycles. The van der Waals surface area contributed by atoms with E-state index in [1.54, 1.807) is 4.90 Å². The summed E-state index contributed by atoms with van der Waals surface area (Å²) in [5, 5.41) is 9.84. The molecule has 1 saturated carbocycles. The van der Waals surface area contributed by atoms with Crippen molar-refractivity contribution in [1.82, 2.24) is 4.90 Å².